The number of rotatable bonds is 16. The van der Waals surface area contributed by atoms with Crippen molar-refractivity contribution in [1.29, 1.82) is 0 Å². The molecule has 0 aromatic carbocycles. The molecule has 0 saturated heterocycles. The van der Waals surface area contributed by atoms with Crippen molar-refractivity contribution in [1.82, 2.24) is 10.8 Å². The van der Waals surface area contributed by atoms with E-state index in [1.165, 1.54) is 0 Å². The Bertz CT molecular complexity index is 585. The third-order valence-corrected chi connectivity index (χ3v) is 4.12. The Labute approximate surface area is 196 Å². The molecule has 0 bridgehead atoms. The number of hydrogen-bond acceptors (Lipinski definition) is 10. The molecule has 3 N–H and O–H groups in total. The summed E-state index contributed by atoms with van der Waals surface area (Å²) in [6.45, 7) is 11.0. The van der Waals surface area contributed by atoms with Crippen LogP contribution in [0.2, 0.25) is 0 Å². The molecule has 0 aliphatic carbocycles. The lowest BCUT2D eigenvalue weighted by Crippen LogP contribution is -2.42. The quantitative estimate of drug-likeness (QED) is 0.128. The summed E-state index contributed by atoms with van der Waals surface area (Å²) in [7, 11) is 1.59. The van der Waals surface area contributed by atoms with E-state index in [0.29, 0.717) is 0 Å². The summed E-state index contributed by atoms with van der Waals surface area (Å²) in [5.41, 5.74) is 1.56. The molecular formula is C22H42N2O9. The molecule has 0 spiro atoms. The molecule has 0 aliphatic rings. The lowest BCUT2D eigenvalue weighted by atomic mass is 9.89. The van der Waals surface area contributed by atoms with Crippen molar-refractivity contribution in [3.63, 3.8) is 0 Å². The molecule has 0 saturated carbocycles. The molecule has 0 rings (SSSR count). The molecule has 11 heteroatoms. The Kier molecular flexibility index (Phi) is 15.1. The van der Waals surface area contributed by atoms with E-state index >= 15 is 0 Å². The number of hydrogen-bond donors (Lipinski definition) is 3. The van der Waals surface area contributed by atoms with Gasteiger partial charge in [0.2, 0.25) is 5.91 Å². The first-order chi connectivity index (χ1) is 15.3. The first-order valence-electron chi connectivity index (χ1n) is 11.1. The van der Waals surface area contributed by atoms with Crippen LogP contribution in [0.1, 0.15) is 60.8 Å². The average molecular weight is 479 g/mol. The SMILES string of the molecule is CNOCCOC(=O)CNC(=O)CCCC(=O)OCC(OC(CO)C(C)(C)C)OC(C)(C)C. The van der Waals surface area contributed by atoms with Gasteiger partial charge in [-0.1, -0.05) is 20.8 Å². The number of amides is 1. The summed E-state index contributed by atoms with van der Waals surface area (Å²) in [5, 5.41) is 12.1. The zero-order chi connectivity index (χ0) is 25.5. The van der Waals surface area contributed by atoms with Gasteiger partial charge < -0.3 is 29.4 Å². The molecule has 2 atom stereocenters. The summed E-state index contributed by atoms with van der Waals surface area (Å²) >= 11 is 0. The summed E-state index contributed by atoms with van der Waals surface area (Å²) < 4.78 is 21.8. The molecule has 194 valence electrons. The van der Waals surface area contributed by atoms with Gasteiger partial charge in [-0.05, 0) is 32.6 Å². The van der Waals surface area contributed by atoms with Gasteiger partial charge >= 0.3 is 11.9 Å². The number of esters is 2. The number of ether oxygens (including phenoxy) is 4. The average Bonchev–Trinajstić information content (AvgIpc) is 2.69. The Hall–Kier alpha value is -1.79. The lowest BCUT2D eigenvalue weighted by molar-refractivity contribution is -0.251. The van der Waals surface area contributed by atoms with E-state index in [-0.39, 0.29) is 63.6 Å². The summed E-state index contributed by atoms with van der Waals surface area (Å²) in [5.74, 6) is -1.46. The van der Waals surface area contributed by atoms with Crippen LogP contribution >= 0.6 is 0 Å². The highest BCUT2D eigenvalue weighted by atomic mass is 16.7. The van der Waals surface area contributed by atoms with E-state index in [4.69, 9.17) is 23.8 Å². The van der Waals surface area contributed by atoms with Crippen LogP contribution in [-0.2, 0) is 38.2 Å². The van der Waals surface area contributed by atoms with Crippen LogP contribution in [0.15, 0.2) is 0 Å². The number of nitrogens with one attached hydrogen (secondary N) is 2. The molecule has 0 radical (unpaired) electrons. The number of carbonyl (C=O) groups is 3. The van der Waals surface area contributed by atoms with E-state index in [2.05, 4.69) is 10.8 Å². The van der Waals surface area contributed by atoms with Gasteiger partial charge in [-0.15, -0.1) is 0 Å². The van der Waals surface area contributed by atoms with E-state index in [9.17, 15) is 19.5 Å². The predicted molar refractivity (Wildman–Crippen MR) is 120 cm³/mol. The molecule has 33 heavy (non-hydrogen) atoms. The zero-order valence-corrected chi connectivity index (χ0v) is 21.0. The van der Waals surface area contributed by atoms with Crippen LogP contribution in [0.4, 0.5) is 0 Å². The second kappa shape index (κ2) is 15.9. The monoisotopic (exact) mass is 478 g/mol. The predicted octanol–water partition coefficient (Wildman–Crippen LogP) is 1.08. The normalized spacial score (nSPS) is 13.8. The van der Waals surface area contributed by atoms with E-state index < -0.39 is 29.9 Å². The largest absolute Gasteiger partial charge is 0.462 e. The molecule has 0 aromatic heterocycles. The van der Waals surface area contributed by atoms with Gasteiger partial charge in [0.1, 0.15) is 26.4 Å². The zero-order valence-electron chi connectivity index (χ0n) is 21.0. The Morgan fingerprint density at radius 1 is 0.939 bits per heavy atom. The topological polar surface area (TPSA) is 142 Å². The van der Waals surface area contributed by atoms with Crippen molar-refractivity contribution in [2.45, 2.75) is 78.8 Å². The molecule has 0 aromatic rings. The lowest BCUT2D eigenvalue weighted by Gasteiger charge is -2.35. The van der Waals surface area contributed by atoms with Crippen molar-refractivity contribution < 1.29 is 43.3 Å². The van der Waals surface area contributed by atoms with Crippen molar-refractivity contribution in [3.8, 4) is 0 Å². The maximum absolute atomic E-state index is 12.1. The van der Waals surface area contributed by atoms with Crippen LogP contribution in [-0.4, -0.2) is 81.0 Å². The molecule has 2 unspecified atom stereocenters. The minimum atomic E-state index is -0.849. The highest BCUT2D eigenvalue weighted by Crippen LogP contribution is 2.25. The van der Waals surface area contributed by atoms with Gasteiger partial charge in [-0.2, -0.15) is 0 Å². The van der Waals surface area contributed by atoms with Crippen LogP contribution in [0.5, 0.6) is 0 Å². The molecule has 0 fully saturated rings. The molecular weight excluding hydrogens is 436 g/mol. The van der Waals surface area contributed by atoms with Crippen LogP contribution in [0.25, 0.3) is 0 Å². The summed E-state index contributed by atoms with van der Waals surface area (Å²) in [4.78, 5) is 40.2. The van der Waals surface area contributed by atoms with E-state index in [0.717, 1.165) is 0 Å². The minimum absolute atomic E-state index is 0.0180. The Morgan fingerprint density at radius 2 is 1.61 bits per heavy atom. The van der Waals surface area contributed by atoms with Crippen molar-refractivity contribution in [3.05, 3.63) is 0 Å². The third-order valence-electron chi connectivity index (χ3n) is 4.12. The molecule has 0 aliphatic heterocycles. The van der Waals surface area contributed by atoms with Crippen molar-refractivity contribution >= 4 is 17.8 Å². The number of carbonyl (C=O) groups excluding carboxylic acids is 3. The second-order valence-corrected chi connectivity index (χ2v) is 9.42. The summed E-state index contributed by atoms with van der Waals surface area (Å²) in [6, 6.07) is 0. The highest BCUT2D eigenvalue weighted by molar-refractivity contribution is 5.82. The molecule has 0 heterocycles. The molecule has 11 nitrogen and oxygen atoms in total. The maximum Gasteiger partial charge on any atom is 0.325 e. The number of aliphatic hydroxyl groups is 1. The Balaban J connectivity index is 4.32. The number of aliphatic hydroxyl groups excluding tert-OH is 1. The summed E-state index contributed by atoms with van der Waals surface area (Å²) in [6.07, 6.45) is -1.03. The van der Waals surface area contributed by atoms with Crippen LogP contribution in [0, 0.1) is 5.41 Å². The van der Waals surface area contributed by atoms with Gasteiger partial charge in [0, 0.05) is 19.9 Å². The van der Waals surface area contributed by atoms with Gasteiger partial charge in [-0.3, -0.25) is 19.2 Å². The fourth-order valence-corrected chi connectivity index (χ4v) is 2.44. The minimum Gasteiger partial charge on any atom is -0.462 e. The van der Waals surface area contributed by atoms with Crippen LogP contribution in [0.3, 0.4) is 0 Å². The van der Waals surface area contributed by atoms with E-state index in [1.807, 2.05) is 41.5 Å². The smallest absolute Gasteiger partial charge is 0.325 e. The van der Waals surface area contributed by atoms with E-state index in [1.54, 1.807) is 7.05 Å². The fraction of sp³-hybridized carbons (Fsp3) is 0.864. The van der Waals surface area contributed by atoms with Gasteiger partial charge in [0.15, 0.2) is 6.29 Å². The maximum atomic E-state index is 12.1. The standard InChI is InChI=1S/C22H42N2O9/c1-21(2,3)16(14-25)32-20(33-22(4,5)6)15-30-18(27)10-8-9-17(26)24-13-19(28)29-11-12-31-23-7/h16,20,23,25H,8-15H2,1-7H3,(H,24,26). The first-order valence-corrected chi connectivity index (χ1v) is 11.1. The second-order valence-electron chi connectivity index (χ2n) is 9.42. The van der Waals surface area contributed by atoms with Crippen LogP contribution < -0.4 is 10.8 Å². The highest BCUT2D eigenvalue weighted by Gasteiger charge is 2.30. The first kappa shape index (κ1) is 31.2. The van der Waals surface area contributed by atoms with Crippen molar-refractivity contribution in [2.75, 3.05) is 40.0 Å². The van der Waals surface area contributed by atoms with Gasteiger partial charge in [0.25, 0.3) is 0 Å². The fourth-order valence-electron chi connectivity index (χ4n) is 2.44. The Morgan fingerprint density at radius 3 is 2.15 bits per heavy atom. The number of hydroxylamine groups is 1. The van der Waals surface area contributed by atoms with Gasteiger partial charge in [-0.25, -0.2) is 5.48 Å². The van der Waals surface area contributed by atoms with Crippen molar-refractivity contribution in [2.24, 2.45) is 5.41 Å². The van der Waals surface area contributed by atoms with Gasteiger partial charge in [0.05, 0.1) is 18.3 Å². The third kappa shape index (κ3) is 17.4. The molecule has 1 amide bonds.